The number of benzene rings is 10. The lowest BCUT2D eigenvalue weighted by molar-refractivity contribution is 0.620. The summed E-state index contributed by atoms with van der Waals surface area (Å²) in [7, 11) is 0. The molecule has 0 atom stereocenters. The minimum atomic E-state index is 0.610. The summed E-state index contributed by atoms with van der Waals surface area (Å²) in [5, 5.41) is 9.24. The Kier molecular flexibility index (Phi) is 7.23. The second-order valence-corrected chi connectivity index (χ2v) is 15.0. The van der Waals surface area contributed by atoms with E-state index in [1.165, 1.54) is 49.4 Å². The summed E-state index contributed by atoms with van der Waals surface area (Å²) in [5.74, 6) is 0.610. The van der Waals surface area contributed by atoms with Gasteiger partial charge in [-0.05, 0) is 114 Å². The van der Waals surface area contributed by atoms with Gasteiger partial charge in [-0.15, -0.1) is 0 Å². The molecule has 58 heavy (non-hydrogen) atoms. The van der Waals surface area contributed by atoms with Gasteiger partial charge in [0.2, 0.25) is 5.89 Å². The molecule has 0 saturated carbocycles. The van der Waals surface area contributed by atoms with Gasteiger partial charge in [0.05, 0.1) is 0 Å². The lowest BCUT2D eigenvalue weighted by Gasteiger charge is -2.19. The Bertz CT molecular complexity index is 3490. The van der Waals surface area contributed by atoms with Crippen molar-refractivity contribution in [1.82, 2.24) is 4.98 Å². The molecule has 0 radical (unpaired) electrons. The second kappa shape index (κ2) is 12.9. The zero-order valence-corrected chi connectivity index (χ0v) is 31.3. The van der Waals surface area contributed by atoms with Crippen LogP contribution in [0.2, 0.25) is 0 Å². The highest BCUT2D eigenvalue weighted by atomic mass is 16.3. The molecule has 10 aromatic carbocycles. The van der Waals surface area contributed by atoms with Crippen LogP contribution in [-0.4, -0.2) is 4.98 Å². The van der Waals surface area contributed by atoms with Crippen LogP contribution in [0.15, 0.2) is 209 Å². The smallest absolute Gasteiger partial charge is 0.227 e. The van der Waals surface area contributed by atoms with Crippen LogP contribution in [0.3, 0.4) is 0 Å². The Labute approximate surface area is 334 Å². The number of rotatable bonds is 5. The van der Waals surface area contributed by atoms with Crippen molar-refractivity contribution in [2.75, 3.05) is 0 Å². The van der Waals surface area contributed by atoms with E-state index in [0.717, 1.165) is 66.1 Å². The highest BCUT2D eigenvalue weighted by Gasteiger charge is 2.24. The first-order valence-corrected chi connectivity index (χ1v) is 19.7. The number of hydrogen-bond donors (Lipinski definition) is 0. The number of aromatic nitrogens is 1. The minimum absolute atomic E-state index is 0.610. The SMILES string of the molecule is c1ccc(-c2nc3ccc(-c4cc(-c5c6ccccc6c(-c6ccccc6)c6ccccc56)c5c(c4)oc4c6ccccc6c(-c6ccccc6)cc45)cc3o2)cc1. The molecule has 270 valence electrons. The van der Waals surface area contributed by atoms with E-state index < -0.39 is 0 Å². The normalized spacial score (nSPS) is 11.8. The minimum Gasteiger partial charge on any atom is -0.455 e. The third-order valence-electron chi connectivity index (χ3n) is 11.7. The van der Waals surface area contributed by atoms with E-state index in [9.17, 15) is 0 Å². The van der Waals surface area contributed by atoms with E-state index in [1.54, 1.807) is 0 Å². The molecule has 2 heterocycles. The second-order valence-electron chi connectivity index (χ2n) is 15.0. The molecule has 0 saturated heterocycles. The Morgan fingerprint density at radius 2 is 0.845 bits per heavy atom. The Balaban J connectivity index is 1.21. The summed E-state index contributed by atoms with van der Waals surface area (Å²) in [5.41, 5.74) is 13.4. The quantitative estimate of drug-likeness (QED) is 0.165. The molecule has 3 heteroatoms. The first-order valence-electron chi connectivity index (χ1n) is 19.7. The van der Waals surface area contributed by atoms with E-state index in [-0.39, 0.29) is 0 Å². The summed E-state index contributed by atoms with van der Waals surface area (Å²) in [6, 6.07) is 71.1. The van der Waals surface area contributed by atoms with E-state index >= 15 is 0 Å². The monoisotopic (exact) mass is 739 g/mol. The zero-order valence-electron chi connectivity index (χ0n) is 31.3. The van der Waals surface area contributed by atoms with Gasteiger partial charge in [-0.3, -0.25) is 0 Å². The fraction of sp³-hybridized carbons (Fsp3) is 0. The van der Waals surface area contributed by atoms with Crippen molar-refractivity contribution in [2.24, 2.45) is 0 Å². The van der Waals surface area contributed by atoms with E-state index in [0.29, 0.717) is 5.89 Å². The van der Waals surface area contributed by atoms with Gasteiger partial charge < -0.3 is 8.83 Å². The Morgan fingerprint density at radius 3 is 1.50 bits per heavy atom. The maximum atomic E-state index is 7.11. The van der Waals surface area contributed by atoms with Crippen molar-refractivity contribution in [1.29, 1.82) is 0 Å². The maximum absolute atomic E-state index is 7.11. The van der Waals surface area contributed by atoms with Crippen molar-refractivity contribution in [3.63, 3.8) is 0 Å². The van der Waals surface area contributed by atoms with Crippen LogP contribution >= 0.6 is 0 Å². The number of oxazole rings is 1. The van der Waals surface area contributed by atoms with Gasteiger partial charge >= 0.3 is 0 Å². The predicted molar refractivity (Wildman–Crippen MR) is 241 cm³/mol. The summed E-state index contributed by atoms with van der Waals surface area (Å²) < 4.78 is 13.5. The highest BCUT2D eigenvalue weighted by Crippen LogP contribution is 2.50. The highest BCUT2D eigenvalue weighted by molar-refractivity contribution is 6.28. The van der Waals surface area contributed by atoms with Crippen molar-refractivity contribution in [2.45, 2.75) is 0 Å². The van der Waals surface area contributed by atoms with Gasteiger partial charge in [0, 0.05) is 21.7 Å². The lowest BCUT2D eigenvalue weighted by Crippen LogP contribution is -1.92. The number of nitrogens with zero attached hydrogens (tertiary/aromatic N) is 1. The van der Waals surface area contributed by atoms with Gasteiger partial charge in [-0.25, -0.2) is 4.98 Å². The van der Waals surface area contributed by atoms with Crippen LogP contribution < -0.4 is 0 Å². The molecule has 0 fully saturated rings. The van der Waals surface area contributed by atoms with E-state index in [2.05, 4.69) is 170 Å². The molecule has 0 aliphatic rings. The molecule has 0 aliphatic heterocycles. The number of furan rings is 1. The molecule has 12 aromatic rings. The average Bonchev–Trinajstić information content (AvgIpc) is 3.90. The number of hydrogen-bond acceptors (Lipinski definition) is 3. The number of fused-ring (bicyclic) bond motifs is 8. The third-order valence-corrected chi connectivity index (χ3v) is 11.7. The standard InChI is InChI=1S/C55H33NO2/c1-4-16-34(17-5-1)45-33-47-53-46(52-42-25-13-11-23-40(42)51(35-18-6-2-7-19-35)41-24-12-14-26-43(41)52)30-38(32-50(53)57-54(47)44-27-15-10-22-39(44)45)37-28-29-48-49(31-37)58-55(56-48)36-20-8-3-9-21-36/h1-33H. The molecule has 12 rings (SSSR count). The molecule has 0 bridgehead atoms. The summed E-state index contributed by atoms with van der Waals surface area (Å²) in [6.07, 6.45) is 0. The van der Waals surface area contributed by atoms with Crippen LogP contribution in [-0.2, 0) is 0 Å². The summed E-state index contributed by atoms with van der Waals surface area (Å²) in [6.45, 7) is 0. The van der Waals surface area contributed by atoms with Gasteiger partial charge in [0.1, 0.15) is 16.7 Å². The molecule has 0 N–H and O–H groups in total. The molecule has 0 unspecified atom stereocenters. The van der Waals surface area contributed by atoms with Gasteiger partial charge in [0.15, 0.2) is 5.58 Å². The lowest BCUT2D eigenvalue weighted by atomic mass is 9.84. The van der Waals surface area contributed by atoms with Crippen molar-refractivity contribution < 1.29 is 8.83 Å². The van der Waals surface area contributed by atoms with Crippen molar-refractivity contribution in [3.05, 3.63) is 200 Å². The molecule has 3 nitrogen and oxygen atoms in total. The molecule has 0 aliphatic carbocycles. The zero-order chi connectivity index (χ0) is 38.2. The van der Waals surface area contributed by atoms with Crippen LogP contribution in [0.5, 0.6) is 0 Å². The Hall–Kier alpha value is -7.75. The summed E-state index contributed by atoms with van der Waals surface area (Å²) >= 11 is 0. The molecule has 0 spiro atoms. The van der Waals surface area contributed by atoms with E-state index in [4.69, 9.17) is 13.8 Å². The molecule has 0 amide bonds. The van der Waals surface area contributed by atoms with Crippen molar-refractivity contribution >= 4 is 65.4 Å². The maximum Gasteiger partial charge on any atom is 0.227 e. The largest absolute Gasteiger partial charge is 0.455 e. The van der Waals surface area contributed by atoms with Crippen LogP contribution in [0.25, 0.3) is 121 Å². The topological polar surface area (TPSA) is 39.2 Å². The van der Waals surface area contributed by atoms with Crippen LogP contribution in [0.1, 0.15) is 0 Å². The summed E-state index contributed by atoms with van der Waals surface area (Å²) in [4.78, 5) is 4.84. The average molecular weight is 740 g/mol. The van der Waals surface area contributed by atoms with E-state index in [1.807, 2.05) is 30.3 Å². The molecule has 2 aromatic heterocycles. The van der Waals surface area contributed by atoms with Gasteiger partial charge in [-0.1, -0.05) is 158 Å². The first kappa shape index (κ1) is 32.5. The van der Waals surface area contributed by atoms with Crippen LogP contribution in [0.4, 0.5) is 0 Å². The predicted octanol–water partition coefficient (Wildman–Crippen LogP) is 15.5. The molecular formula is C55H33NO2. The fourth-order valence-electron chi connectivity index (χ4n) is 9.09. The molecular weight excluding hydrogens is 707 g/mol. The third kappa shape index (κ3) is 5.04. The fourth-order valence-corrected chi connectivity index (χ4v) is 9.09. The first-order chi connectivity index (χ1) is 28.8. The van der Waals surface area contributed by atoms with Gasteiger partial charge in [-0.2, -0.15) is 0 Å². The van der Waals surface area contributed by atoms with Crippen LogP contribution in [0, 0.1) is 0 Å². The van der Waals surface area contributed by atoms with Gasteiger partial charge in [0.25, 0.3) is 0 Å². The Morgan fingerprint density at radius 1 is 0.310 bits per heavy atom. The van der Waals surface area contributed by atoms with Crippen molar-refractivity contribution in [3.8, 4) is 56.0 Å².